The van der Waals surface area contributed by atoms with Gasteiger partial charge in [0, 0.05) is 24.7 Å². The number of carbonyl (C=O) groups excluding carboxylic acids is 2. The molecule has 0 radical (unpaired) electrons. The Morgan fingerprint density at radius 3 is 3.00 bits per heavy atom. The topological polar surface area (TPSA) is 71.5 Å². The van der Waals surface area contributed by atoms with E-state index in [-0.39, 0.29) is 11.8 Å². The molecule has 0 aliphatic carbocycles. The number of amides is 2. The lowest BCUT2D eigenvalue weighted by atomic mass is 10.2. The normalized spacial score (nSPS) is 19.5. The third-order valence-corrected chi connectivity index (χ3v) is 3.37. The zero-order valence-electron chi connectivity index (χ0n) is 11.8. The highest BCUT2D eigenvalue weighted by Crippen LogP contribution is 2.18. The van der Waals surface area contributed by atoms with Crippen molar-refractivity contribution < 1.29 is 14.3 Å². The van der Waals surface area contributed by atoms with Crippen molar-refractivity contribution in [2.24, 2.45) is 0 Å². The minimum Gasteiger partial charge on any atom is -0.481 e. The van der Waals surface area contributed by atoms with Crippen molar-refractivity contribution in [1.82, 2.24) is 15.2 Å². The number of hydrogen-bond acceptors (Lipinski definition) is 4. The van der Waals surface area contributed by atoms with Crippen molar-refractivity contribution in [2.75, 3.05) is 13.7 Å². The minimum atomic E-state index is -0.437. The molecule has 108 valence electrons. The van der Waals surface area contributed by atoms with Crippen LogP contribution < -0.4 is 10.1 Å². The number of nitrogens with zero attached hydrogens (tertiary/aromatic N) is 2. The first-order chi connectivity index (χ1) is 9.65. The maximum absolute atomic E-state index is 12.4. The quantitative estimate of drug-likeness (QED) is 0.880. The van der Waals surface area contributed by atoms with E-state index in [4.69, 9.17) is 4.74 Å². The molecule has 1 aliphatic heterocycles. The van der Waals surface area contributed by atoms with Crippen molar-refractivity contribution in [2.45, 2.75) is 32.4 Å². The van der Waals surface area contributed by atoms with Crippen LogP contribution in [0.5, 0.6) is 5.88 Å². The van der Waals surface area contributed by atoms with Gasteiger partial charge in [0.15, 0.2) is 0 Å². The van der Waals surface area contributed by atoms with E-state index in [0.29, 0.717) is 31.8 Å². The van der Waals surface area contributed by atoms with E-state index in [9.17, 15) is 9.59 Å². The molecule has 1 atom stereocenters. The molecule has 2 rings (SSSR count). The van der Waals surface area contributed by atoms with Crippen LogP contribution in [0.1, 0.15) is 25.3 Å². The molecule has 1 aliphatic rings. The summed E-state index contributed by atoms with van der Waals surface area (Å²) in [4.78, 5) is 29.8. The van der Waals surface area contributed by atoms with Crippen molar-refractivity contribution in [3.05, 3.63) is 23.9 Å². The molecule has 0 spiro atoms. The number of methoxy groups -OCH3 is 1. The zero-order chi connectivity index (χ0) is 14.5. The van der Waals surface area contributed by atoms with Gasteiger partial charge in [0.25, 0.3) is 0 Å². The molecule has 1 aromatic heterocycles. The number of aromatic nitrogens is 1. The summed E-state index contributed by atoms with van der Waals surface area (Å²) in [6, 6.07) is 3.24. The second-order valence-corrected chi connectivity index (χ2v) is 4.71. The molecule has 6 nitrogen and oxygen atoms in total. The first-order valence-corrected chi connectivity index (χ1v) is 6.71. The van der Waals surface area contributed by atoms with E-state index in [2.05, 4.69) is 10.3 Å². The molecule has 0 aromatic carbocycles. The number of pyridine rings is 1. The molecule has 2 heterocycles. The van der Waals surface area contributed by atoms with E-state index in [0.717, 1.165) is 5.56 Å². The van der Waals surface area contributed by atoms with Crippen LogP contribution in [0.2, 0.25) is 0 Å². The first kappa shape index (κ1) is 14.3. The predicted molar refractivity (Wildman–Crippen MR) is 73.0 cm³/mol. The Hall–Kier alpha value is -2.11. The molecule has 1 aromatic rings. The summed E-state index contributed by atoms with van der Waals surface area (Å²) in [5.41, 5.74) is 0.840. The number of hydrogen-bond donors (Lipinski definition) is 1. The molecule has 6 heteroatoms. The van der Waals surface area contributed by atoms with Crippen LogP contribution in [-0.2, 0) is 16.1 Å². The SMILES string of the molecule is CCC1NC(=O)CCN(Cc2cccnc2OC)C1=O. The van der Waals surface area contributed by atoms with Gasteiger partial charge < -0.3 is 15.0 Å². The van der Waals surface area contributed by atoms with Gasteiger partial charge in [-0.1, -0.05) is 13.0 Å². The minimum absolute atomic E-state index is 0.0516. The van der Waals surface area contributed by atoms with Crippen molar-refractivity contribution in [3.8, 4) is 5.88 Å². The van der Waals surface area contributed by atoms with Crippen LogP contribution in [0, 0.1) is 0 Å². The summed E-state index contributed by atoms with van der Waals surface area (Å²) >= 11 is 0. The molecule has 0 saturated carbocycles. The fourth-order valence-electron chi connectivity index (χ4n) is 2.26. The van der Waals surface area contributed by atoms with E-state index in [1.165, 1.54) is 0 Å². The fourth-order valence-corrected chi connectivity index (χ4v) is 2.26. The lowest BCUT2D eigenvalue weighted by Gasteiger charge is -2.23. The third-order valence-electron chi connectivity index (χ3n) is 3.37. The van der Waals surface area contributed by atoms with Gasteiger partial charge in [0.05, 0.1) is 13.7 Å². The standard InChI is InChI=1S/C14H19N3O3/c1-3-11-14(19)17(8-6-12(18)16-11)9-10-5-4-7-15-13(10)20-2/h4-5,7,11H,3,6,8-9H2,1-2H3,(H,16,18). The Balaban J connectivity index is 2.18. The van der Waals surface area contributed by atoms with E-state index in [1.54, 1.807) is 24.3 Å². The van der Waals surface area contributed by atoms with Gasteiger partial charge >= 0.3 is 0 Å². The van der Waals surface area contributed by atoms with E-state index in [1.807, 2.05) is 13.0 Å². The first-order valence-electron chi connectivity index (χ1n) is 6.71. The lowest BCUT2D eigenvalue weighted by molar-refractivity contribution is -0.134. The second kappa shape index (κ2) is 6.36. The van der Waals surface area contributed by atoms with Gasteiger partial charge in [0.2, 0.25) is 17.7 Å². The number of carbonyl (C=O) groups is 2. The summed E-state index contributed by atoms with van der Waals surface area (Å²) in [6.45, 7) is 2.71. The average molecular weight is 277 g/mol. The van der Waals surface area contributed by atoms with Gasteiger partial charge in [0.1, 0.15) is 6.04 Å². The zero-order valence-corrected chi connectivity index (χ0v) is 11.8. The summed E-state index contributed by atoms with van der Waals surface area (Å²) in [5, 5.41) is 2.75. The molecule has 20 heavy (non-hydrogen) atoms. The van der Waals surface area contributed by atoms with Crippen LogP contribution in [0.3, 0.4) is 0 Å². The maximum atomic E-state index is 12.4. The van der Waals surface area contributed by atoms with Crippen LogP contribution in [0.25, 0.3) is 0 Å². The fraction of sp³-hybridized carbons (Fsp3) is 0.500. The Kier molecular flexibility index (Phi) is 4.55. The maximum Gasteiger partial charge on any atom is 0.245 e. The van der Waals surface area contributed by atoms with Crippen molar-refractivity contribution >= 4 is 11.8 Å². The molecule has 0 bridgehead atoms. The highest BCUT2D eigenvalue weighted by Gasteiger charge is 2.28. The Morgan fingerprint density at radius 1 is 1.50 bits per heavy atom. The van der Waals surface area contributed by atoms with Crippen molar-refractivity contribution in [1.29, 1.82) is 0 Å². The smallest absolute Gasteiger partial charge is 0.245 e. The summed E-state index contributed by atoms with van der Waals surface area (Å²) in [6.07, 6.45) is 2.56. The van der Waals surface area contributed by atoms with Gasteiger partial charge in [-0.25, -0.2) is 4.98 Å². The number of rotatable bonds is 4. The highest BCUT2D eigenvalue weighted by molar-refractivity contribution is 5.89. The molecule has 1 N–H and O–H groups in total. The van der Waals surface area contributed by atoms with Gasteiger partial charge in [-0.2, -0.15) is 0 Å². The third kappa shape index (κ3) is 3.07. The second-order valence-electron chi connectivity index (χ2n) is 4.71. The summed E-state index contributed by atoms with van der Waals surface area (Å²) in [7, 11) is 1.55. The molecular formula is C14H19N3O3. The molecule has 1 saturated heterocycles. The van der Waals surface area contributed by atoms with Gasteiger partial charge in [-0.05, 0) is 12.5 Å². The van der Waals surface area contributed by atoms with Crippen LogP contribution in [-0.4, -0.2) is 41.4 Å². The average Bonchev–Trinajstić information content (AvgIpc) is 2.60. The Morgan fingerprint density at radius 2 is 2.30 bits per heavy atom. The van der Waals surface area contributed by atoms with E-state index >= 15 is 0 Å². The van der Waals surface area contributed by atoms with Gasteiger partial charge in [-0.3, -0.25) is 9.59 Å². The number of nitrogens with one attached hydrogen (secondary N) is 1. The Bertz CT molecular complexity index is 504. The van der Waals surface area contributed by atoms with Crippen LogP contribution >= 0.6 is 0 Å². The predicted octanol–water partition coefficient (Wildman–Crippen LogP) is 0.717. The van der Waals surface area contributed by atoms with Crippen LogP contribution in [0.15, 0.2) is 18.3 Å². The molecular weight excluding hydrogens is 258 g/mol. The largest absolute Gasteiger partial charge is 0.481 e. The van der Waals surface area contributed by atoms with Gasteiger partial charge in [-0.15, -0.1) is 0 Å². The number of ether oxygens (including phenoxy) is 1. The lowest BCUT2D eigenvalue weighted by Crippen LogP contribution is -2.43. The van der Waals surface area contributed by atoms with E-state index < -0.39 is 6.04 Å². The van der Waals surface area contributed by atoms with Crippen LogP contribution in [0.4, 0.5) is 0 Å². The summed E-state index contributed by atoms with van der Waals surface area (Å²) in [5.74, 6) is 0.381. The monoisotopic (exact) mass is 277 g/mol. The molecule has 1 unspecified atom stereocenters. The molecule has 1 fully saturated rings. The molecule has 2 amide bonds. The Labute approximate surface area is 118 Å². The van der Waals surface area contributed by atoms with Crippen molar-refractivity contribution in [3.63, 3.8) is 0 Å². The summed E-state index contributed by atoms with van der Waals surface area (Å²) < 4.78 is 5.20. The highest BCUT2D eigenvalue weighted by atomic mass is 16.5.